The highest BCUT2D eigenvalue weighted by Gasteiger charge is 2.22. The SMILES string of the molecule is Cc1nnc(N2CCN(Cc3ccc(Br)cn3)CC2)c(C#N)c1C. The second-order valence-corrected chi connectivity index (χ2v) is 6.87. The van der Waals surface area contributed by atoms with Crippen molar-refractivity contribution >= 4 is 21.7 Å². The van der Waals surface area contributed by atoms with Crippen molar-refractivity contribution in [3.63, 3.8) is 0 Å². The lowest BCUT2D eigenvalue weighted by Crippen LogP contribution is -2.46. The van der Waals surface area contributed by atoms with Gasteiger partial charge in [-0.2, -0.15) is 10.4 Å². The van der Waals surface area contributed by atoms with Crippen LogP contribution in [0, 0.1) is 25.2 Å². The largest absolute Gasteiger partial charge is 0.351 e. The van der Waals surface area contributed by atoms with E-state index in [1.807, 2.05) is 32.2 Å². The molecule has 0 radical (unpaired) electrons. The zero-order chi connectivity index (χ0) is 17.1. The lowest BCUT2D eigenvalue weighted by molar-refractivity contribution is 0.246. The van der Waals surface area contributed by atoms with E-state index in [0.717, 1.165) is 54.1 Å². The Morgan fingerprint density at radius 2 is 1.92 bits per heavy atom. The van der Waals surface area contributed by atoms with Crippen LogP contribution in [0.4, 0.5) is 5.82 Å². The Bertz CT molecular complexity index is 760. The molecule has 0 spiro atoms. The van der Waals surface area contributed by atoms with Gasteiger partial charge in [0, 0.05) is 43.4 Å². The van der Waals surface area contributed by atoms with Gasteiger partial charge in [-0.3, -0.25) is 9.88 Å². The maximum Gasteiger partial charge on any atom is 0.169 e. The third-order valence-corrected chi connectivity index (χ3v) is 4.86. The lowest BCUT2D eigenvalue weighted by atomic mass is 10.1. The number of hydrogen-bond donors (Lipinski definition) is 0. The molecule has 0 amide bonds. The molecule has 0 bridgehead atoms. The van der Waals surface area contributed by atoms with Crippen LogP contribution in [0.1, 0.15) is 22.5 Å². The molecule has 0 aliphatic carbocycles. The zero-order valence-electron chi connectivity index (χ0n) is 13.8. The van der Waals surface area contributed by atoms with E-state index in [0.29, 0.717) is 11.4 Å². The van der Waals surface area contributed by atoms with Crippen LogP contribution in [0.5, 0.6) is 0 Å². The van der Waals surface area contributed by atoms with Gasteiger partial charge in [0.25, 0.3) is 0 Å². The quantitative estimate of drug-likeness (QED) is 0.806. The minimum atomic E-state index is 0.644. The normalized spacial score (nSPS) is 15.3. The molecule has 0 N–H and O–H groups in total. The fourth-order valence-electron chi connectivity index (χ4n) is 2.80. The van der Waals surface area contributed by atoms with Gasteiger partial charge in [0.15, 0.2) is 5.82 Å². The smallest absolute Gasteiger partial charge is 0.169 e. The minimum absolute atomic E-state index is 0.644. The van der Waals surface area contributed by atoms with Crippen molar-refractivity contribution in [2.24, 2.45) is 0 Å². The van der Waals surface area contributed by atoms with Crippen LogP contribution in [0.2, 0.25) is 0 Å². The summed E-state index contributed by atoms with van der Waals surface area (Å²) >= 11 is 3.41. The van der Waals surface area contributed by atoms with E-state index in [1.54, 1.807) is 0 Å². The van der Waals surface area contributed by atoms with Crippen LogP contribution in [0.3, 0.4) is 0 Å². The predicted molar refractivity (Wildman–Crippen MR) is 95.6 cm³/mol. The van der Waals surface area contributed by atoms with Gasteiger partial charge >= 0.3 is 0 Å². The Kier molecular flexibility index (Phi) is 5.07. The summed E-state index contributed by atoms with van der Waals surface area (Å²) in [5.41, 5.74) is 3.44. The number of nitriles is 1. The Morgan fingerprint density at radius 3 is 2.54 bits per heavy atom. The molecule has 0 unspecified atom stereocenters. The summed E-state index contributed by atoms with van der Waals surface area (Å²) < 4.78 is 0.994. The number of piperazine rings is 1. The molecule has 0 aromatic carbocycles. The van der Waals surface area contributed by atoms with Gasteiger partial charge in [-0.15, -0.1) is 5.10 Å². The van der Waals surface area contributed by atoms with Crippen LogP contribution in [0.25, 0.3) is 0 Å². The molecular formula is C17H19BrN6. The van der Waals surface area contributed by atoms with Crippen molar-refractivity contribution < 1.29 is 0 Å². The standard InChI is InChI=1S/C17H19BrN6/c1-12-13(2)21-22-17(16(12)9-19)24-7-5-23(6-8-24)11-15-4-3-14(18)10-20-15/h3-4,10H,5-8,11H2,1-2H3. The summed E-state index contributed by atoms with van der Waals surface area (Å²) in [5.74, 6) is 0.710. The number of hydrogen-bond acceptors (Lipinski definition) is 6. The summed E-state index contributed by atoms with van der Waals surface area (Å²) in [7, 11) is 0. The maximum atomic E-state index is 9.46. The zero-order valence-corrected chi connectivity index (χ0v) is 15.4. The summed E-state index contributed by atoms with van der Waals surface area (Å²) in [4.78, 5) is 8.96. The number of aromatic nitrogens is 3. The topological polar surface area (TPSA) is 68.9 Å². The number of aryl methyl sites for hydroxylation is 1. The molecule has 1 aliphatic heterocycles. The van der Waals surface area contributed by atoms with E-state index in [1.165, 1.54) is 0 Å². The molecular weight excluding hydrogens is 368 g/mol. The molecule has 24 heavy (non-hydrogen) atoms. The fourth-order valence-corrected chi connectivity index (χ4v) is 3.03. The van der Waals surface area contributed by atoms with E-state index in [4.69, 9.17) is 0 Å². The first-order valence-corrected chi connectivity index (χ1v) is 8.69. The van der Waals surface area contributed by atoms with Crippen molar-refractivity contribution in [3.05, 3.63) is 45.3 Å². The second kappa shape index (κ2) is 7.24. The summed E-state index contributed by atoms with van der Waals surface area (Å²) in [6, 6.07) is 6.34. The highest BCUT2D eigenvalue weighted by molar-refractivity contribution is 9.10. The van der Waals surface area contributed by atoms with Gasteiger partial charge in [0.1, 0.15) is 11.6 Å². The number of rotatable bonds is 3. The average molecular weight is 387 g/mol. The molecule has 1 saturated heterocycles. The highest BCUT2D eigenvalue weighted by atomic mass is 79.9. The molecule has 6 nitrogen and oxygen atoms in total. The van der Waals surface area contributed by atoms with Gasteiger partial charge in [-0.1, -0.05) is 0 Å². The first-order valence-electron chi connectivity index (χ1n) is 7.90. The molecule has 3 rings (SSSR count). The molecule has 0 atom stereocenters. The van der Waals surface area contributed by atoms with Gasteiger partial charge < -0.3 is 4.90 Å². The monoisotopic (exact) mass is 386 g/mol. The Hall–Kier alpha value is -2.04. The molecule has 2 aromatic rings. The minimum Gasteiger partial charge on any atom is -0.351 e. The third kappa shape index (κ3) is 3.55. The molecule has 124 valence electrons. The van der Waals surface area contributed by atoms with E-state index in [-0.39, 0.29) is 0 Å². The lowest BCUT2D eigenvalue weighted by Gasteiger charge is -2.35. The van der Waals surface area contributed by atoms with Gasteiger partial charge in [-0.25, -0.2) is 0 Å². The summed E-state index contributed by atoms with van der Waals surface area (Å²) in [5, 5.41) is 17.9. The predicted octanol–water partition coefficient (Wildman–Crippen LogP) is 2.44. The molecule has 1 fully saturated rings. The van der Waals surface area contributed by atoms with Crippen LogP contribution >= 0.6 is 15.9 Å². The first-order chi connectivity index (χ1) is 11.6. The first kappa shape index (κ1) is 16.8. The summed E-state index contributed by atoms with van der Waals surface area (Å²) in [6.07, 6.45) is 1.83. The molecule has 2 aromatic heterocycles. The van der Waals surface area contributed by atoms with Crippen LogP contribution in [-0.2, 0) is 6.54 Å². The molecule has 0 saturated carbocycles. The number of anilines is 1. The molecule has 3 heterocycles. The van der Waals surface area contributed by atoms with Crippen molar-refractivity contribution in [1.29, 1.82) is 5.26 Å². The Balaban J connectivity index is 1.66. The molecule has 7 heteroatoms. The fraction of sp³-hybridized carbons (Fsp3) is 0.412. The average Bonchev–Trinajstić information content (AvgIpc) is 2.60. The van der Waals surface area contributed by atoms with Crippen LogP contribution < -0.4 is 4.90 Å². The Morgan fingerprint density at radius 1 is 1.17 bits per heavy atom. The van der Waals surface area contributed by atoms with Crippen LogP contribution in [-0.4, -0.2) is 46.3 Å². The number of halogens is 1. The van der Waals surface area contributed by atoms with Crippen molar-refractivity contribution in [1.82, 2.24) is 20.1 Å². The highest BCUT2D eigenvalue weighted by Crippen LogP contribution is 2.22. The molecule has 1 aliphatic rings. The van der Waals surface area contributed by atoms with Gasteiger partial charge in [0.2, 0.25) is 0 Å². The van der Waals surface area contributed by atoms with Crippen molar-refractivity contribution in [2.45, 2.75) is 20.4 Å². The van der Waals surface area contributed by atoms with E-state index in [9.17, 15) is 5.26 Å². The van der Waals surface area contributed by atoms with Crippen LogP contribution in [0.15, 0.2) is 22.8 Å². The van der Waals surface area contributed by atoms with Crippen molar-refractivity contribution in [2.75, 3.05) is 31.1 Å². The Labute approximate surface area is 150 Å². The van der Waals surface area contributed by atoms with Crippen molar-refractivity contribution in [3.8, 4) is 6.07 Å². The number of pyridine rings is 1. The second-order valence-electron chi connectivity index (χ2n) is 5.95. The van der Waals surface area contributed by atoms with E-state index < -0.39 is 0 Å². The van der Waals surface area contributed by atoms with Gasteiger partial charge in [0.05, 0.1) is 11.4 Å². The van der Waals surface area contributed by atoms with E-state index in [2.05, 4.69) is 47.0 Å². The van der Waals surface area contributed by atoms with Gasteiger partial charge in [-0.05, 0) is 47.5 Å². The number of nitrogens with zero attached hydrogens (tertiary/aromatic N) is 6. The third-order valence-electron chi connectivity index (χ3n) is 4.39. The summed E-state index contributed by atoms with van der Waals surface area (Å²) in [6.45, 7) is 8.15. The van der Waals surface area contributed by atoms with E-state index >= 15 is 0 Å². The maximum absolute atomic E-state index is 9.46.